The van der Waals surface area contributed by atoms with Gasteiger partial charge in [0.05, 0.1) is 5.56 Å². The highest BCUT2D eigenvalue weighted by molar-refractivity contribution is 5.76. The van der Waals surface area contributed by atoms with Gasteiger partial charge in [-0.05, 0) is 66.3 Å². The average Bonchev–Trinajstić information content (AvgIpc) is 3.47. The molecule has 6 nitrogen and oxygen atoms in total. The fourth-order valence-corrected chi connectivity index (χ4v) is 5.14. The molecule has 0 amide bonds. The highest BCUT2D eigenvalue weighted by Gasteiger charge is 2.36. The number of halogens is 1. The first kappa shape index (κ1) is 21.7. The van der Waals surface area contributed by atoms with E-state index in [1.165, 1.54) is 17.2 Å². The summed E-state index contributed by atoms with van der Waals surface area (Å²) < 4.78 is 20.5. The SMILES string of the molecule is Cc1cc(-c2nc(-c3ccc4c(c3)CN([C@H]3C[C@H](C=O)C3)C4)no2)c(F)cc1-c1ccccc1O. The van der Waals surface area contributed by atoms with Crippen molar-refractivity contribution in [3.8, 4) is 39.7 Å². The topological polar surface area (TPSA) is 79.5 Å². The normalized spacial score (nSPS) is 19.4. The number of phenols is 1. The Hall–Kier alpha value is -3.84. The molecular formula is C28H24FN3O3. The molecule has 176 valence electrons. The number of aryl methyl sites for hydroxylation is 1. The van der Waals surface area contributed by atoms with Crippen LogP contribution in [0.25, 0.3) is 34.0 Å². The second-order valence-electron chi connectivity index (χ2n) is 9.50. The summed E-state index contributed by atoms with van der Waals surface area (Å²) in [6.07, 6.45) is 2.94. The number of aromatic hydroxyl groups is 1. The average molecular weight is 470 g/mol. The van der Waals surface area contributed by atoms with Crippen LogP contribution in [0.5, 0.6) is 5.75 Å². The Bertz CT molecular complexity index is 1440. The molecule has 0 spiro atoms. The fourth-order valence-electron chi connectivity index (χ4n) is 5.14. The van der Waals surface area contributed by atoms with Gasteiger partial charge in [0.25, 0.3) is 5.89 Å². The smallest absolute Gasteiger partial charge is 0.261 e. The zero-order valence-electron chi connectivity index (χ0n) is 19.2. The maximum atomic E-state index is 15.1. The molecule has 3 aromatic carbocycles. The summed E-state index contributed by atoms with van der Waals surface area (Å²) in [5.41, 5.74) is 5.50. The number of hydrogen-bond acceptors (Lipinski definition) is 6. The molecule has 1 aliphatic carbocycles. The maximum absolute atomic E-state index is 15.1. The summed E-state index contributed by atoms with van der Waals surface area (Å²) in [5.74, 6) is 0.323. The van der Waals surface area contributed by atoms with Crippen molar-refractivity contribution >= 4 is 6.29 Å². The number of aromatic nitrogens is 2. The van der Waals surface area contributed by atoms with Crippen molar-refractivity contribution in [3.05, 3.63) is 77.1 Å². The molecule has 2 heterocycles. The molecule has 1 aromatic heterocycles. The minimum absolute atomic E-state index is 0.0962. The predicted molar refractivity (Wildman–Crippen MR) is 129 cm³/mol. The van der Waals surface area contributed by atoms with E-state index in [1.807, 2.05) is 13.0 Å². The lowest BCUT2D eigenvalue weighted by molar-refractivity contribution is -0.115. The summed E-state index contributed by atoms with van der Waals surface area (Å²) >= 11 is 0. The van der Waals surface area contributed by atoms with E-state index >= 15 is 4.39 Å². The van der Waals surface area contributed by atoms with Crippen LogP contribution in [0.4, 0.5) is 4.39 Å². The number of aldehydes is 1. The Labute approximate surface area is 202 Å². The lowest BCUT2D eigenvalue weighted by atomic mass is 9.80. The van der Waals surface area contributed by atoms with E-state index in [-0.39, 0.29) is 23.1 Å². The molecule has 0 unspecified atom stereocenters. The highest BCUT2D eigenvalue weighted by atomic mass is 19.1. The third kappa shape index (κ3) is 3.82. The van der Waals surface area contributed by atoms with E-state index < -0.39 is 5.82 Å². The first-order chi connectivity index (χ1) is 17.0. The first-order valence-electron chi connectivity index (χ1n) is 11.7. The number of carbonyl (C=O) groups excluding carboxylic acids is 1. The summed E-state index contributed by atoms with van der Waals surface area (Å²) in [6, 6.07) is 16.5. The molecule has 2 aliphatic rings. The molecule has 1 saturated carbocycles. The van der Waals surface area contributed by atoms with Crippen molar-refractivity contribution in [3.63, 3.8) is 0 Å². The number of phenolic OH excluding ortho intramolecular Hbond substituents is 1. The number of fused-ring (bicyclic) bond motifs is 1. The predicted octanol–water partition coefficient (Wildman–Crippen LogP) is 5.52. The molecule has 1 aliphatic heterocycles. The third-order valence-electron chi connectivity index (χ3n) is 7.23. The van der Waals surface area contributed by atoms with Crippen LogP contribution in [0.3, 0.4) is 0 Å². The lowest BCUT2D eigenvalue weighted by Gasteiger charge is -2.38. The van der Waals surface area contributed by atoms with Gasteiger partial charge < -0.3 is 14.4 Å². The zero-order valence-corrected chi connectivity index (χ0v) is 19.2. The van der Waals surface area contributed by atoms with Crippen LogP contribution in [0.1, 0.15) is 29.5 Å². The molecule has 0 saturated heterocycles. The van der Waals surface area contributed by atoms with Gasteiger partial charge in [0.1, 0.15) is 17.9 Å². The molecule has 0 atom stereocenters. The summed E-state index contributed by atoms with van der Waals surface area (Å²) in [6.45, 7) is 3.58. The summed E-state index contributed by atoms with van der Waals surface area (Å²) in [4.78, 5) is 17.8. The van der Waals surface area contributed by atoms with Crippen LogP contribution in [0, 0.1) is 18.7 Å². The molecule has 0 bridgehead atoms. The quantitative estimate of drug-likeness (QED) is 0.388. The Morgan fingerprint density at radius 1 is 1.03 bits per heavy atom. The van der Waals surface area contributed by atoms with Crippen LogP contribution in [0.15, 0.2) is 59.1 Å². The highest BCUT2D eigenvalue weighted by Crippen LogP contribution is 2.38. The number of para-hydroxylation sites is 1. The second kappa shape index (κ2) is 8.43. The third-order valence-corrected chi connectivity index (χ3v) is 7.23. The van der Waals surface area contributed by atoms with Crippen molar-refractivity contribution in [1.29, 1.82) is 0 Å². The van der Waals surface area contributed by atoms with E-state index in [9.17, 15) is 9.90 Å². The van der Waals surface area contributed by atoms with Gasteiger partial charge in [-0.3, -0.25) is 4.90 Å². The summed E-state index contributed by atoms with van der Waals surface area (Å²) in [5, 5.41) is 14.3. The molecule has 0 radical (unpaired) electrons. The Balaban J connectivity index is 1.25. The Morgan fingerprint density at radius 3 is 2.63 bits per heavy atom. The van der Waals surface area contributed by atoms with Crippen LogP contribution < -0.4 is 0 Å². The van der Waals surface area contributed by atoms with Crippen molar-refractivity contribution < 1.29 is 18.8 Å². The molecule has 35 heavy (non-hydrogen) atoms. The van der Waals surface area contributed by atoms with Crippen molar-refractivity contribution in [1.82, 2.24) is 15.0 Å². The fraction of sp³-hybridized carbons (Fsp3) is 0.250. The maximum Gasteiger partial charge on any atom is 0.261 e. The van der Waals surface area contributed by atoms with Gasteiger partial charge in [0, 0.05) is 36.2 Å². The van der Waals surface area contributed by atoms with Gasteiger partial charge >= 0.3 is 0 Å². The van der Waals surface area contributed by atoms with Gasteiger partial charge in [-0.1, -0.05) is 35.5 Å². The monoisotopic (exact) mass is 469 g/mol. The first-order valence-corrected chi connectivity index (χ1v) is 11.7. The molecule has 4 aromatic rings. The molecule has 1 fully saturated rings. The van der Waals surface area contributed by atoms with E-state index in [4.69, 9.17) is 4.52 Å². The molecular weight excluding hydrogens is 445 g/mol. The second-order valence-corrected chi connectivity index (χ2v) is 9.50. The number of nitrogens with zero attached hydrogens (tertiary/aromatic N) is 3. The van der Waals surface area contributed by atoms with E-state index in [1.54, 1.807) is 30.3 Å². The van der Waals surface area contributed by atoms with Gasteiger partial charge in [0.15, 0.2) is 0 Å². The van der Waals surface area contributed by atoms with Crippen molar-refractivity contribution in [2.75, 3.05) is 0 Å². The molecule has 6 rings (SSSR count). The van der Waals surface area contributed by atoms with Gasteiger partial charge in [0.2, 0.25) is 5.82 Å². The Kier molecular flexibility index (Phi) is 5.22. The standard InChI is InChI=1S/C28H24FN3O3/c1-16-8-24(25(29)12-23(16)22-4-2-3-5-26(22)34)28-30-27(31-35-28)18-6-7-19-13-32(14-20(19)11-18)21-9-17(10-21)15-33/h2-8,11-12,15,17,21,34H,9-10,13-14H2,1H3/t17-,21-. The van der Waals surface area contributed by atoms with Crippen LogP contribution in [0.2, 0.25) is 0 Å². The number of hydrogen-bond donors (Lipinski definition) is 1. The van der Waals surface area contributed by atoms with E-state index in [0.29, 0.717) is 23.0 Å². The minimum atomic E-state index is -0.497. The number of benzene rings is 3. The number of carbonyl (C=O) groups is 1. The van der Waals surface area contributed by atoms with Crippen LogP contribution in [-0.4, -0.2) is 32.5 Å². The van der Waals surface area contributed by atoms with E-state index in [0.717, 1.165) is 43.3 Å². The van der Waals surface area contributed by atoms with E-state index in [2.05, 4.69) is 27.2 Å². The van der Waals surface area contributed by atoms with Crippen molar-refractivity contribution in [2.24, 2.45) is 5.92 Å². The van der Waals surface area contributed by atoms with Gasteiger partial charge in [-0.15, -0.1) is 0 Å². The van der Waals surface area contributed by atoms with Crippen LogP contribution >= 0.6 is 0 Å². The summed E-state index contributed by atoms with van der Waals surface area (Å²) in [7, 11) is 0. The molecule has 7 heteroatoms. The largest absolute Gasteiger partial charge is 0.507 e. The van der Waals surface area contributed by atoms with Gasteiger partial charge in [-0.2, -0.15) is 4.98 Å². The zero-order chi connectivity index (χ0) is 24.1. The van der Waals surface area contributed by atoms with Gasteiger partial charge in [-0.25, -0.2) is 4.39 Å². The Morgan fingerprint density at radius 2 is 1.83 bits per heavy atom. The number of rotatable bonds is 5. The lowest BCUT2D eigenvalue weighted by Crippen LogP contribution is -2.42. The van der Waals surface area contributed by atoms with Crippen LogP contribution in [-0.2, 0) is 17.9 Å². The minimum Gasteiger partial charge on any atom is -0.507 e. The van der Waals surface area contributed by atoms with Crippen molar-refractivity contribution in [2.45, 2.75) is 38.9 Å². The molecule has 1 N–H and O–H groups in total.